The second kappa shape index (κ2) is 4.20. The van der Waals surface area contributed by atoms with E-state index in [1.165, 1.54) is 25.7 Å². The highest BCUT2D eigenvalue weighted by molar-refractivity contribution is 5.56. The molecule has 2 rings (SSSR count). The van der Waals surface area contributed by atoms with Crippen LogP contribution in [0.4, 0.5) is 4.79 Å². The summed E-state index contributed by atoms with van der Waals surface area (Å²) < 4.78 is 4.87. The molecule has 3 unspecified atom stereocenters. The first kappa shape index (κ1) is 9.81. The lowest BCUT2D eigenvalue weighted by atomic mass is 9.69. The van der Waals surface area contributed by atoms with E-state index < -0.39 is 6.16 Å². The first-order chi connectivity index (χ1) is 6.77. The van der Waals surface area contributed by atoms with Crippen molar-refractivity contribution >= 4 is 6.16 Å². The van der Waals surface area contributed by atoms with Crippen LogP contribution < -0.4 is 0 Å². The zero-order valence-electron chi connectivity index (χ0n) is 8.41. The topological polar surface area (TPSA) is 46.2 Å². The fourth-order valence-corrected chi connectivity index (χ4v) is 3.15. The predicted octanol–water partition coefficient (Wildman–Crippen LogP) is 2.91. The lowest BCUT2D eigenvalue weighted by Gasteiger charge is -2.39. The SMILES string of the molecule is [O]C(=O)OC1CCCC2CCCCC21. The summed E-state index contributed by atoms with van der Waals surface area (Å²) >= 11 is 0. The van der Waals surface area contributed by atoms with Gasteiger partial charge in [-0.25, -0.2) is 0 Å². The predicted molar refractivity (Wildman–Crippen MR) is 50.3 cm³/mol. The number of hydrogen-bond acceptors (Lipinski definition) is 2. The Morgan fingerprint density at radius 2 is 1.71 bits per heavy atom. The van der Waals surface area contributed by atoms with Crippen molar-refractivity contribution in [2.45, 2.75) is 51.0 Å². The Morgan fingerprint density at radius 1 is 1.00 bits per heavy atom. The van der Waals surface area contributed by atoms with Crippen LogP contribution in [0.2, 0.25) is 0 Å². The van der Waals surface area contributed by atoms with Crippen molar-refractivity contribution in [3.63, 3.8) is 0 Å². The maximum Gasteiger partial charge on any atom is 0.550 e. The molecular formula is C11H17O3. The van der Waals surface area contributed by atoms with Gasteiger partial charge in [0.2, 0.25) is 0 Å². The van der Waals surface area contributed by atoms with Crippen LogP contribution in [0.1, 0.15) is 44.9 Å². The van der Waals surface area contributed by atoms with Gasteiger partial charge in [-0.15, -0.1) is 0 Å². The first-order valence-electron chi connectivity index (χ1n) is 5.65. The Bertz CT molecular complexity index is 213. The monoisotopic (exact) mass is 197 g/mol. The van der Waals surface area contributed by atoms with Gasteiger partial charge in [0.1, 0.15) is 6.10 Å². The number of carbonyl (C=O) groups excluding carboxylic acids is 1. The summed E-state index contributed by atoms with van der Waals surface area (Å²) in [7, 11) is 0. The van der Waals surface area contributed by atoms with Gasteiger partial charge in [-0.05, 0) is 37.5 Å². The molecule has 0 aromatic rings. The zero-order chi connectivity index (χ0) is 9.97. The fourth-order valence-electron chi connectivity index (χ4n) is 3.15. The minimum atomic E-state index is -1.35. The standard InChI is InChI=1S/C11H17O3/c12-11(13)14-10-7-3-5-8-4-1-2-6-9(8)10/h8-10H,1-7H2. The van der Waals surface area contributed by atoms with Crippen molar-refractivity contribution in [3.8, 4) is 0 Å². The molecule has 2 saturated carbocycles. The molecule has 0 saturated heterocycles. The van der Waals surface area contributed by atoms with Crippen molar-refractivity contribution in [2.75, 3.05) is 0 Å². The molecular weight excluding hydrogens is 180 g/mol. The van der Waals surface area contributed by atoms with Gasteiger partial charge in [0.15, 0.2) is 0 Å². The van der Waals surface area contributed by atoms with Gasteiger partial charge in [-0.2, -0.15) is 9.90 Å². The highest BCUT2D eigenvalue weighted by atomic mass is 16.7. The summed E-state index contributed by atoms with van der Waals surface area (Å²) in [5, 5.41) is 10.4. The van der Waals surface area contributed by atoms with Gasteiger partial charge >= 0.3 is 6.16 Å². The third kappa shape index (κ3) is 2.02. The quantitative estimate of drug-likeness (QED) is 0.607. The van der Waals surface area contributed by atoms with E-state index in [-0.39, 0.29) is 6.10 Å². The number of carbonyl (C=O) groups is 1. The van der Waals surface area contributed by atoms with E-state index in [0.717, 1.165) is 19.3 Å². The molecule has 3 heteroatoms. The molecule has 0 bridgehead atoms. The Balaban J connectivity index is 1.97. The molecule has 79 valence electrons. The van der Waals surface area contributed by atoms with Crippen LogP contribution in [-0.2, 0) is 9.84 Å². The van der Waals surface area contributed by atoms with Gasteiger partial charge in [0.25, 0.3) is 0 Å². The van der Waals surface area contributed by atoms with Crippen LogP contribution in [0.25, 0.3) is 0 Å². The van der Waals surface area contributed by atoms with E-state index in [9.17, 15) is 9.90 Å². The van der Waals surface area contributed by atoms with E-state index in [4.69, 9.17) is 4.74 Å². The third-order valence-electron chi connectivity index (χ3n) is 3.76. The smallest absolute Gasteiger partial charge is 0.428 e. The minimum Gasteiger partial charge on any atom is -0.428 e. The average molecular weight is 197 g/mol. The average Bonchev–Trinajstić information content (AvgIpc) is 2.18. The lowest BCUT2D eigenvalue weighted by Crippen LogP contribution is -2.37. The summed E-state index contributed by atoms with van der Waals surface area (Å²) in [5.74, 6) is 1.19. The zero-order valence-corrected chi connectivity index (χ0v) is 8.41. The van der Waals surface area contributed by atoms with Gasteiger partial charge < -0.3 is 4.74 Å². The van der Waals surface area contributed by atoms with E-state index in [2.05, 4.69) is 0 Å². The Kier molecular flexibility index (Phi) is 2.94. The van der Waals surface area contributed by atoms with Crippen molar-refractivity contribution in [1.29, 1.82) is 0 Å². The molecule has 3 atom stereocenters. The summed E-state index contributed by atoms with van der Waals surface area (Å²) in [5.41, 5.74) is 0. The van der Waals surface area contributed by atoms with Gasteiger partial charge in [-0.3, -0.25) is 0 Å². The Hall–Kier alpha value is -0.730. The molecule has 0 aromatic carbocycles. The van der Waals surface area contributed by atoms with Crippen molar-refractivity contribution in [1.82, 2.24) is 0 Å². The highest BCUT2D eigenvalue weighted by Crippen LogP contribution is 2.41. The lowest BCUT2D eigenvalue weighted by molar-refractivity contribution is -0.0357. The Labute approximate surface area is 84.4 Å². The molecule has 0 heterocycles. The molecule has 2 aliphatic carbocycles. The van der Waals surface area contributed by atoms with E-state index >= 15 is 0 Å². The number of hydrogen-bond donors (Lipinski definition) is 0. The molecule has 0 amide bonds. The molecule has 0 spiro atoms. The number of fused-ring (bicyclic) bond motifs is 1. The second-order valence-electron chi connectivity index (χ2n) is 4.55. The van der Waals surface area contributed by atoms with E-state index in [1.54, 1.807) is 0 Å². The van der Waals surface area contributed by atoms with Gasteiger partial charge in [0, 0.05) is 0 Å². The molecule has 0 N–H and O–H groups in total. The van der Waals surface area contributed by atoms with E-state index in [1.807, 2.05) is 0 Å². The molecule has 14 heavy (non-hydrogen) atoms. The van der Waals surface area contributed by atoms with Gasteiger partial charge in [0.05, 0.1) is 0 Å². The summed E-state index contributed by atoms with van der Waals surface area (Å²) in [6.07, 6.45) is 6.79. The summed E-state index contributed by atoms with van der Waals surface area (Å²) in [4.78, 5) is 10.4. The Morgan fingerprint density at radius 3 is 2.50 bits per heavy atom. The molecule has 2 fully saturated rings. The first-order valence-corrected chi connectivity index (χ1v) is 5.65. The maximum absolute atomic E-state index is 10.4. The number of rotatable bonds is 1. The number of ether oxygens (including phenoxy) is 1. The maximum atomic E-state index is 10.4. The summed E-state index contributed by atoms with van der Waals surface area (Å²) in [6.45, 7) is 0. The highest BCUT2D eigenvalue weighted by Gasteiger charge is 2.37. The molecule has 0 aliphatic heterocycles. The normalized spacial score (nSPS) is 37.3. The fraction of sp³-hybridized carbons (Fsp3) is 0.909. The van der Waals surface area contributed by atoms with Crippen molar-refractivity contribution in [3.05, 3.63) is 0 Å². The molecule has 3 nitrogen and oxygen atoms in total. The van der Waals surface area contributed by atoms with Crippen LogP contribution in [0.5, 0.6) is 0 Å². The second-order valence-corrected chi connectivity index (χ2v) is 4.55. The van der Waals surface area contributed by atoms with Gasteiger partial charge in [-0.1, -0.05) is 19.3 Å². The van der Waals surface area contributed by atoms with Crippen LogP contribution in [0.15, 0.2) is 0 Å². The minimum absolute atomic E-state index is 0.0703. The van der Waals surface area contributed by atoms with E-state index in [0.29, 0.717) is 11.8 Å². The van der Waals surface area contributed by atoms with Crippen LogP contribution in [0, 0.1) is 11.8 Å². The largest absolute Gasteiger partial charge is 0.550 e. The molecule has 0 aromatic heterocycles. The summed E-state index contributed by atoms with van der Waals surface area (Å²) in [6, 6.07) is 0. The van der Waals surface area contributed by atoms with Crippen molar-refractivity contribution in [2.24, 2.45) is 11.8 Å². The van der Waals surface area contributed by atoms with Crippen molar-refractivity contribution < 1.29 is 14.6 Å². The molecule has 1 radical (unpaired) electrons. The van der Waals surface area contributed by atoms with Crippen LogP contribution in [-0.4, -0.2) is 12.3 Å². The molecule has 2 aliphatic rings. The van der Waals surface area contributed by atoms with Crippen LogP contribution in [0.3, 0.4) is 0 Å². The third-order valence-corrected chi connectivity index (χ3v) is 3.76. The van der Waals surface area contributed by atoms with Crippen LogP contribution >= 0.6 is 0 Å².